The second-order valence-corrected chi connectivity index (χ2v) is 14.7. The molecule has 11 heteroatoms. The minimum Gasteiger partial charge on any atom is -0.352 e. The number of hydrogen-bond donors (Lipinski definition) is 1. The van der Waals surface area contributed by atoms with Crippen molar-refractivity contribution in [3.8, 4) is 0 Å². The van der Waals surface area contributed by atoms with Gasteiger partial charge in [0.1, 0.15) is 12.6 Å². The van der Waals surface area contributed by atoms with Gasteiger partial charge in [-0.1, -0.05) is 100 Å². The molecule has 2 amide bonds. The topological polar surface area (TPSA) is 86.8 Å². The first-order valence-electron chi connectivity index (χ1n) is 14.8. The van der Waals surface area contributed by atoms with E-state index >= 15 is 0 Å². The highest BCUT2D eigenvalue weighted by Crippen LogP contribution is 2.28. The molecule has 0 aliphatic carbocycles. The molecule has 1 N–H and O–H groups in total. The molecule has 46 heavy (non-hydrogen) atoms. The molecule has 0 saturated carbocycles. The van der Waals surface area contributed by atoms with Gasteiger partial charge in [-0.2, -0.15) is 0 Å². The van der Waals surface area contributed by atoms with Crippen LogP contribution in [0.4, 0.5) is 5.69 Å². The van der Waals surface area contributed by atoms with Crippen LogP contribution in [0.5, 0.6) is 0 Å². The number of carbonyl (C=O) groups excluding carboxylic acids is 2. The zero-order valence-corrected chi connectivity index (χ0v) is 29.7. The molecule has 0 aliphatic heterocycles. The highest BCUT2D eigenvalue weighted by atomic mass is 79.9. The van der Waals surface area contributed by atoms with Crippen LogP contribution in [-0.4, -0.2) is 43.8 Å². The summed E-state index contributed by atoms with van der Waals surface area (Å²) in [5.74, 6) is -0.932. The van der Waals surface area contributed by atoms with Gasteiger partial charge in [0.2, 0.25) is 11.8 Å². The monoisotopic (exact) mass is 743 g/mol. The minimum atomic E-state index is -4.20. The number of rotatable bonds is 13. The zero-order chi connectivity index (χ0) is 33.4. The van der Waals surface area contributed by atoms with E-state index in [4.69, 9.17) is 23.2 Å². The Kier molecular flexibility index (Phi) is 12.3. The number of sulfonamides is 1. The van der Waals surface area contributed by atoms with Crippen LogP contribution in [-0.2, 0) is 32.6 Å². The van der Waals surface area contributed by atoms with Gasteiger partial charge < -0.3 is 10.2 Å². The molecule has 0 radical (unpaired) electrons. The number of nitrogens with zero attached hydrogens (tertiary/aromatic N) is 2. The first-order chi connectivity index (χ1) is 21.9. The van der Waals surface area contributed by atoms with Gasteiger partial charge in [-0.3, -0.25) is 13.9 Å². The molecule has 7 nitrogen and oxygen atoms in total. The SMILES string of the molecule is CCC(C)NC(=O)C(Cc1ccccc1)N(Cc1ccc(Cl)cc1Cl)C(=O)CN(c1ccc(Br)cc1)S(=O)(=O)c1ccc(C)cc1. The molecule has 242 valence electrons. The van der Waals surface area contributed by atoms with Crippen LogP contribution in [0.15, 0.2) is 106 Å². The second-order valence-electron chi connectivity index (χ2n) is 11.1. The van der Waals surface area contributed by atoms with Gasteiger partial charge >= 0.3 is 0 Å². The summed E-state index contributed by atoms with van der Waals surface area (Å²) in [6.07, 6.45) is 0.885. The van der Waals surface area contributed by atoms with Crippen molar-refractivity contribution in [1.29, 1.82) is 0 Å². The molecule has 4 aromatic rings. The Hall–Kier alpha value is -3.37. The molecule has 2 unspecified atom stereocenters. The van der Waals surface area contributed by atoms with E-state index in [1.165, 1.54) is 17.0 Å². The summed E-state index contributed by atoms with van der Waals surface area (Å²) in [5.41, 5.74) is 2.59. The van der Waals surface area contributed by atoms with Crippen molar-refractivity contribution in [1.82, 2.24) is 10.2 Å². The van der Waals surface area contributed by atoms with Gasteiger partial charge in [0.25, 0.3) is 10.0 Å². The van der Waals surface area contributed by atoms with Crippen LogP contribution in [0.3, 0.4) is 0 Å². The Bertz CT molecular complexity index is 1760. The number of benzene rings is 4. The van der Waals surface area contributed by atoms with Crippen molar-refractivity contribution < 1.29 is 18.0 Å². The molecule has 4 aromatic carbocycles. The lowest BCUT2D eigenvalue weighted by atomic mass is 10.0. The summed E-state index contributed by atoms with van der Waals surface area (Å²) in [5, 5.41) is 3.77. The first-order valence-corrected chi connectivity index (χ1v) is 17.8. The molecule has 2 atom stereocenters. The van der Waals surface area contributed by atoms with Gasteiger partial charge in [0.05, 0.1) is 10.6 Å². The fourth-order valence-electron chi connectivity index (χ4n) is 4.80. The Morgan fingerprint density at radius 2 is 1.57 bits per heavy atom. The Morgan fingerprint density at radius 1 is 0.913 bits per heavy atom. The number of amides is 2. The molecule has 0 aliphatic rings. The molecule has 0 saturated heterocycles. The van der Waals surface area contributed by atoms with Crippen LogP contribution in [0, 0.1) is 6.92 Å². The standard InChI is InChI=1S/C35H36BrCl2N3O4S/c1-4-25(3)39-35(43)33(20-26-8-6-5-7-9-26)40(22-27-12-15-29(37)21-32(27)38)34(42)23-41(30-16-13-28(36)14-17-30)46(44,45)31-18-10-24(2)11-19-31/h5-19,21,25,33H,4,20,22-23H2,1-3H3,(H,39,43). The van der Waals surface area contributed by atoms with E-state index in [1.54, 1.807) is 54.6 Å². The summed E-state index contributed by atoms with van der Waals surface area (Å²) >= 11 is 16.2. The van der Waals surface area contributed by atoms with E-state index in [-0.39, 0.29) is 29.8 Å². The normalized spacial score (nSPS) is 12.7. The molecule has 0 bridgehead atoms. The third-order valence-corrected chi connectivity index (χ3v) is 10.5. The predicted molar refractivity (Wildman–Crippen MR) is 189 cm³/mol. The minimum absolute atomic E-state index is 0.0384. The van der Waals surface area contributed by atoms with E-state index in [9.17, 15) is 18.0 Å². The van der Waals surface area contributed by atoms with Gasteiger partial charge in [-0.25, -0.2) is 8.42 Å². The Labute approximate surface area is 289 Å². The Balaban J connectivity index is 1.82. The van der Waals surface area contributed by atoms with Crippen LogP contribution < -0.4 is 9.62 Å². The molecule has 0 fully saturated rings. The third-order valence-electron chi connectivity index (χ3n) is 7.63. The van der Waals surface area contributed by atoms with Gasteiger partial charge in [0, 0.05) is 33.5 Å². The number of halogens is 3. The van der Waals surface area contributed by atoms with Crippen molar-refractivity contribution in [2.24, 2.45) is 0 Å². The second kappa shape index (κ2) is 16.0. The largest absolute Gasteiger partial charge is 0.352 e. The van der Waals surface area contributed by atoms with Crippen LogP contribution in [0.25, 0.3) is 0 Å². The maximum Gasteiger partial charge on any atom is 0.264 e. The average molecular weight is 746 g/mol. The third kappa shape index (κ3) is 9.12. The van der Waals surface area contributed by atoms with E-state index in [1.807, 2.05) is 51.1 Å². The predicted octanol–water partition coefficient (Wildman–Crippen LogP) is 7.81. The van der Waals surface area contributed by atoms with Crippen molar-refractivity contribution >= 4 is 66.7 Å². The lowest BCUT2D eigenvalue weighted by Gasteiger charge is -2.34. The maximum atomic E-state index is 14.6. The van der Waals surface area contributed by atoms with Crippen molar-refractivity contribution in [2.75, 3.05) is 10.8 Å². The van der Waals surface area contributed by atoms with E-state index in [0.29, 0.717) is 27.7 Å². The fourth-order valence-corrected chi connectivity index (χ4v) is 6.95. The van der Waals surface area contributed by atoms with Crippen LogP contribution in [0.2, 0.25) is 10.0 Å². The lowest BCUT2D eigenvalue weighted by molar-refractivity contribution is -0.140. The molecule has 0 aromatic heterocycles. The van der Waals surface area contributed by atoms with E-state index in [2.05, 4.69) is 21.2 Å². The van der Waals surface area contributed by atoms with Gasteiger partial charge in [0.15, 0.2) is 0 Å². The lowest BCUT2D eigenvalue weighted by Crippen LogP contribution is -2.54. The molecule has 0 heterocycles. The van der Waals surface area contributed by atoms with Crippen LogP contribution in [0.1, 0.15) is 37.0 Å². The van der Waals surface area contributed by atoms with Crippen molar-refractivity contribution in [3.05, 3.63) is 128 Å². The number of nitrogens with one attached hydrogen (secondary N) is 1. The van der Waals surface area contributed by atoms with Crippen LogP contribution >= 0.6 is 39.1 Å². The number of hydrogen-bond acceptors (Lipinski definition) is 4. The zero-order valence-electron chi connectivity index (χ0n) is 25.8. The number of carbonyl (C=O) groups is 2. The van der Waals surface area contributed by atoms with E-state index in [0.717, 1.165) is 19.9 Å². The van der Waals surface area contributed by atoms with Gasteiger partial charge in [-0.05, 0) is 79.9 Å². The summed E-state index contributed by atoms with van der Waals surface area (Å²) in [6.45, 7) is 5.09. The quantitative estimate of drug-likeness (QED) is 0.151. The Morgan fingerprint density at radius 3 is 2.17 bits per heavy atom. The van der Waals surface area contributed by atoms with Crippen molar-refractivity contribution in [2.45, 2.75) is 57.1 Å². The summed E-state index contributed by atoms with van der Waals surface area (Å²) in [4.78, 5) is 30.0. The van der Waals surface area contributed by atoms with Crippen molar-refractivity contribution in [3.63, 3.8) is 0 Å². The number of aryl methyl sites for hydroxylation is 1. The smallest absolute Gasteiger partial charge is 0.264 e. The molecule has 0 spiro atoms. The van der Waals surface area contributed by atoms with Gasteiger partial charge in [-0.15, -0.1) is 0 Å². The summed E-state index contributed by atoms with van der Waals surface area (Å²) in [6, 6.07) is 26.3. The average Bonchev–Trinajstić information content (AvgIpc) is 3.03. The fraction of sp³-hybridized carbons (Fsp3) is 0.257. The molecule has 4 rings (SSSR count). The highest BCUT2D eigenvalue weighted by molar-refractivity contribution is 9.10. The number of anilines is 1. The molecular weight excluding hydrogens is 709 g/mol. The summed E-state index contributed by atoms with van der Waals surface area (Å²) in [7, 11) is -4.20. The van der Waals surface area contributed by atoms with E-state index < -0.39 is 28.5 Å². The first kappa shape index (κ1) is 35.5. The summed E-state index contributed by atoms with van der Waals surface area (Å²) < 4.78 is 30.1. The molecular formula is C35H36BrCl2N3O4S. The highest BCUT2D eigenvalue weighted by Gasteiger charge is 2.35. The maximum absolute atomic E-state index is 14.6.